The van der Waals surface area contributed by atoms with Crippen LogP contribution in [0.5, 0.6) is 0 Å². The number of hydrogen-bond acceptors (Lipinski definition) is 5. The molecule has 0 saturated carbocycles. The third-order valence-electron chi connectivity index (χ3n) is 6.37. The Morgan fingerprint density at radius 3 is 2.32 bits per heavy atom. The van der Waals surface area contributed by atoms with Crippen LogP contribution in [0.25, 0.3) is 22.5 Å². The number of esters is 1. The summed E-state index contributed by atoms with van der Waals surface area (Å²) in [5, 5.41) is 8.59. The maximum Gasteiger partial charge on any atom is 0.306 e. The Labute approximate surface area is 223 Å². The number of ether oxygens (including phenoxy) is 1. The van der Waals surface area contributed by atoms with Gasteiger partial charge in [-0.05, 0) is 74.4 Å². The van der Waals surface area contributed by atoms with Crippen molar-refractivity contribution in [2.45, 2.75) is 52.5 Å². The molecule has 37 heavy (non-hydrogen) atoms. The van der Waals surface area contributed by atoms with Crippen LogP contribution in [-0.4, -0.2) is 23.8 Å². The number of hydrogen-bond donors (Lipinski definition) is 1. The first-order valence-corrected chi connectivity index (χ1v) is 13.1. The minimum atomic E-state index is -0.158. The van der Waals surface area contributed by atoms with E-state index in [0.29, 0.717) is 19.4 Å². The molecular formula is C31H33ClN2O3. The van der Waals surface area contributed by atoms with E-state index in [1.54, 1.807) is 0 Å². The molecule has 1 N–H and O–H groups in total. The van der Waals surface area contributed by atoms with Crippen LogP contribution in [0.4, 0.5) is 5.69 Å². The first kappa shape index (κ1) is 26.5. The Balaban J connectivity index is 1.39. The lowest BCUT2D eigenvalue weighted by Gasteiger charge is -2.15. The van der Waals surface area contributed by atoms with Crippen LogP contribution < -0.4 is 5.32 Å². The quantitative estimate of drug-likeness (QED) is 0.205. The third-order valence-corrected chi connectivity index (χ3v) is 6.60. The molecule has 3 aromatic carbocycles. The van der Waals surface area contributed by atoms with Gasteiger partial charge in [-0.15, -0.1) is 0 Å². The van der Waals surface area contributed by atoms with E-state index < -0.39 is 0 Å². The molecular weight excluding hydrogens is 484 g/mol. The van der Waals surface area contributed by atoms with Gasteiger partial charge in [0.1, 0.15) is 11.4 Å². The summed E-state index contributed by atoms with van der Waals surface area (Å²) < 4.78 is 10.7. The lowest BCUT2D eigenvalue weighted by molar-refractivity contribution is -0.143. The second-order valence-electron chi connectivity index (χ2n) is 9.27. The standard InChI is InChI=1S/C31H33ClN2O3/c1-4-36-29(35)19-12-23-10-13-25(14-11-23)26-15-17-27(18-16-26)31-30(22(3)34-37-31)33-21(2)8-9-24-6-5-7-28(32)20-24/h5-7,10-11,13-18,20-21,33H,4,8-9,12,19H2,1-3H3. The number of carbonyl (C=O) groups is 1. The molecule has 6 heteroatoms. The summed E-state index contributed by atoms with van der Waals surface area (Å²) in [4.78, 5) is 11.6. The summed E-state index contributed by atoms with van der Waals surface area (Å²) >= 11 is 6.12. The molecule has 1 unspecified atom stereocenters. The van der Waals surface area contributed by atoms with E-state index in [1.807, 2.05) is 32.0 Å². The van der Waals surface area contributed by atoms with Gasteiger partial charge in [-0.2, -0.15) is 0 Å². The Bertz CT molecular complexity index is 1310. The van der Waals surface area contributed by atoms with Crippen molar-refractivity contribution in [3.05, 3.63) is 94.6 Å². The van der Waals surface area contributed by atoms with Crippen LogP contribution in [0.2, 0.25) is 5.02 Å². The molecule has 0 bridgehead atoms. The highest BCUT2D eigenvalue weighted by Crippen LogP contribution is 2.33. The minimum absolute atomic E-state index is 0.158. The fraction of sp³-hybridized carbons (Fsp3) is 0.290. The summed E-state index contributed by atoms with van der Waals surface area (Å²) in [6, 6.07) is 24.8. The van der Waals surface area contributed by atoms with Gasteiger partial charge < -0.3 is 14.6 Å². The van der Waals surface area contributed by atoms with E-state index in [1.165, 1.54) is 5.56 Å². The summed E-state index contributed by atoms with van der Waals surface area (Å²) in [6.45, 7) is 6.36. The molecule has 1 atom stereocenters. The normalized spacial score (nSPS) is 11.8. The molecule has 0 radical (unpaired) electrons. The van der Waals surface area contributed by atoms with E-state index in [-0.39, 0.29) is 12.0 Å². The highest BCUT2D eigenvalue weighted by atomic mass is 35.5. The number of halogens is 1. The number of nitrogens with one attached hydrogen (secondary N) is 1. The van der Waals surface area contributed by atoms with Crippen LogP contribution in [0.3, 0.4) is 0 Å². The monoisotopic (exact) mass is 516 g/mol. The fourth-order valence-electron chi connectivity index (χ4n) is 4.29. The van der Waals surface area contributed by atoms with Gasteiger partial charge >= 0.3 is 5.97 Å². The molecule has 1 heterocycles. The van der Waals surface area contributed by atoms with Gasteiger partial charge in [0, 0.05) is 23.0 Å². The Hall–Kier alpha value is -3.57. The second kappa shape index (κ2) is 12.6. The number of aromatic nitrogens is 1. The molecule has 5 nitrogen and oxygen atoms in total. The third kappa shape index (κ3) is 7.23. The fourth-order valence-corrected chi connectivity index (χ4v) is 4.50. The number of rotatable bonds is 11. The smallest absolute Gasteiger partial charge is 0.306 e. The number of benzene rings is 3. The lowest BCUT2D eigenvalue weighted by Crippen LogP contribution is -2.16. The maximum atomic E-state index is 11.6. The second-order valence-corrected chi connectivity index (χ2v) is 9.70. The predicted octanol–water partition coefficient (Wildman–Crippen LogP) is 7.90. The summed E-state index contributed by atoms with van der Waals surface area (Å²) in [5.74, 6) is 0.585. The van der Waals surface area contributed by atoms with Gasteiger partial charge in [-0.3, -0.25) is 4.79 Å². The average Bonchev–Trinajstić information content (AvgIpc) is 3.26. The van der Waals surface area contributed by atoms with Gasteiger partial charge in [0.15, 0.2) is 5.76 Å². The van der Waals surface area contributed by atoms with E-state index in [4.69, 9.17) is 20.9 Å². The van der Waals surface area contributed by atoms with Gasteiger partial charge in [0.25, 0.3) is 0 Å². The number of aryl methyl sites for hydroxylation is 3. The van der Waals surface area contributed by atoms with E-state index in [0.717, 1.165) is 57.3 Å². The summed E-state index contributed by atoms with van der Waals surface area (Å²) in [5.41, 5.74) is 7.32. The molecule has 0 amide bonds. The van der Waals surface area contributed by atoms with E-state index >= 15 is 0 Å². The topological polar surface area (TPSA) is 64.4 Å². The van der Waals surface area contributed by atoms with Gasteiger partial charge in [-0.1, -0.05) is 77.4 Å². The lowest BCUT2D eigenvalue weighted by atomic mass is 10.00. The molecule has 0 saturated heterocycles. The average molecular weight is 517 g/mol. The van der Waals surface area contributed by atoms with Crippen molar-refractivity contribution < 1.29 is 14.1 Å². The van der Waals surface area contributed by atoms with E-state index in [2.05, 4.69) is 72.0 Å². The maximum absolute atomic E-state index is 11.6. The van der Waals surface area contributed by atoms with E-state index in [9.17, 15) is 4.79 Å². The predicted molar refractivity (Wildman–Crippen MR) is 150 cm³/mol. The molecule has 192 valence electrons. The van der Waals surface area contributed by atoms with Crippen LogP contribution in [0.15, 0.2) is 77.3 Å². The number of carbonyl (C=O) groups excluding carboxylic acids is 1. The van der Waals surface area contributed by atoms with Crippen LogP contribution in [-0.2, 0) is 22.4 Å². The molecule has 1 aromatic heterocycles. The first-order chi connectivity index (χ1) is 17.9. The first-order valence-electron chi connectivity index (χ1n) is 12.8. The largest absolute Gasteiger partial charge is 0.466 e. The SMILES string of the molecule is CCOC(=O)CCc1ccc(-c2ccc(-c3onc(C)c3NC(C)CCc3cccc(Cl)c3)cc2)cc1. The minimum Gasteiger partial charge on any atom is -0.466 e. The highest BCUT2D eigenvalue weighted by molar-refractivity contribution is 6.30. The summed E-state index contributed by atoms with van der Waals surface area (Å²) in [7, 11) is 0. The molecule has 0 spiro atoms. The zero-order valence-electron chi connectivity index (χ0n) is 21.6. The number of nitrogens with zero attached hydrogens (tertiary/aromatic N) is 1. The molecule has 4 aromatic rings. The van der Waals surface area contributed by atoms with Crippen LogP contribution in [0.1, 0.15) is 43.5 Å². The van der Waals surface area contributed by atoms with Crippen molar-refractivity contribution in [1.29, 1.82) is 0 Å². The van der Waals surface area contributed by atoms with Gasteiger partial charge in [0.05, 0.1) is 6.61 Å². The molecule has 0 aliphatic carbocycles. The highest BCUT2D eigenvalue weighted by Gasteiger charge is 2.17. The van der Waals surface area contributed by atoms with Crippen molar-refractivity contribution >= 4 is 23.3 Å². The number of anilines is 1. The molecule has 0 aliphatic heterocycles. The van der Waals surface area contributed by atoms with Gasteiger partial charge in [0.2, 0.25) is 0 Å². The van der Waals surface area contributed by atoms with Crippen molar-refractivity contribution in [3.8, 4) is 22.5 Å². The Morgan fingerprint density at radius 1 is 0.973 bits per heavy atom. The van der Waals surface area contributed by atoms with Crippen molar-refractivity contribution in [3.63, 3.8) is 0 Å². The van der Waals surface area contributed by atoms with Crippen molar-refractivity contribution in [2.75, 3.05) is 11.9 Å². The van der Waals surface area contributed by atoms with Crippen LogP contribution in [0, 0.1) is 6.92 Å². The van der Waals surface area contributed by atoms with Gasteiger partial charge in [-0.25, -0.2) is 0 Å². The summed E-state index contributed by atoms with van der Waals surface area (Å²) in [6.07, 6.45) is 2.97. The zero-order chi connectivity index (χ0) is 26.2. The molecule has 0 aliphatic rings. The zero-order valence-corrected chi connectivity index (χ0v) is 22.3. The van der Waals surface area contributed by atoms with Crippen molar-refractivity contribution in [1.82, 2.24) is 5.16 Å². The molecule has 0 fully saturated rings. The van der Waals surface area contributed by atoms with Crippen LogP contribution >= 0.6 is 11.6 Å². The van der Waals surface area contributed by atoms with Crippen molar-refractivity contribution in [2.24, 2.45) is 0 Å². The molecule has 4 rings (SSSR count). The Morgan fingerprint density at radius 2 is 1.65 bits per heavy atom. The Kier molecular flexibility index (Phi) is 9.02.